The minimum absolute atomic E-state index is 0.238. The van der Waals surface area contributed by atoms with Crippen molar-refractivity contribution >= 4 is 38.5 Å². The number of benzene rings is 1. The van der Waals surface area contributed by atoms with Gasteiger partial charge in [-0.2, -0.15) is 8.42 Å². The first-order valence-corrected chi connectivity index (χ1v) is 7.27. The van der Waals surface area contributed by atoms with Gasteiger partial charge < -0.3 is 15.6 Å². The lowest BCUT2D eigenvalue weighted by Gasteiger charge is -2.18. The van der Waals surface area contributed by atoms with Crippen LogP contribution in [0, 0.1) is 0 Å². The van der Waals surface area contributed by atoms with Crippen LogP contribution in [-0.2, 0) is 15.0 Å². The fourth-order valence-electron chi connectivity index (χ4n) is 2.32. The number of halogens is 1. The molecule has 1 saturated heterocycles. The number of aromatic nitrogens is 2. The molecule has 1 aliphatic rings. The Balaban J connectivity index is 2.03. The van der Waals surface area contributed by atoms with Crippen LogP contribution in [0.4, 0.5) is 15.3 Å². The molecule has 1 aromatic heterocycles. The lowest BCUT2D eigenvalue weighted by molar-refractivity contribution is -0.117. The van der Waals surface area contributed by atoms with Gasteiger partial charge in [-0.25, -0.2) is 4.98 Å². The maximum Gasteiger partial charge on any atom is 0.307 e. The fourth-order valence-corrected chi connectivity index (χ4v) is 2.99. The number of hydrogen-bond acceptors (Lipinski definition) is 5. The van der Waals surface area contributed by atoms with Gasteiger partial charge in [-0.1, -0.05) is 0 Å². The summed E-state index contributed by atoms with van der Waals surface area (Å²) in [5.41, 5.74) is 7.80. The van der Waals surface area contributed by atoms with E-state index < -0.39 is 21.4 Å². The second-order valence-corrected chi connectivity index (χ2v) is 6.25. The maximum absolute atomic E-state index is 13.0. The predicted octanol–water partition coefficient (Wildman–Crippen LogP) is 0.550. The average Bonchev–Trinajstić information content (AvgIpc) is 2.93. The summed E-state index contributed by atoms with van der Waals surface area (Å²) in [6.45, 7) is -0.238. The van der Waals surface area contributed by atoms with Crippen molar-refractivity contribution in [2.24, 2.45) is 0 Å². The number of hydrogen-bond donors (Lipinski definition) is 2. The Kier molecular flexibility index (Phi) is 2.68. The van der Waals surface area contributed by atoms with Gasteiger partial charge in [0.1, 0.15) is 5.25 Å². The molecule has 20 heavy (non-hydrogen) atoms. The highest BCUT2D eigenvalue weighted by Crippen LogP contribution is 2.32. The van der Waals surface area contributed by atoms with Gasteiger partial charge in [0.05, 0.1) is 28.7 Å². The number of nitrogen functional groups attached to an aromatic ring is 1. The average molecular weight is 298 g/mol. The number of carbonyl (C=O) groups is 1. The molecule has 1 aliphatic heterocycles. The van der Waals surface area contributed by atoms with Crippen LogP contribution in [0.15, 0.2) is 18.5 Å². The van der Waals surface area contributed by atoms with Gasteiger partial charge in [0.25, 0.3) is 0 Å². The molecule has 1 amide bonds. The molecule has 106 valence electrons. The number of nitrogens with one attached hydrogen (secondary N) is 1. The molecule has 0 saturated carbocycles. The third-order valence-electron chi connectivity index (χ3n) is 3.35. The standard InChI is InChI=1S/C11H11FN4O3S/c12-20(18,19)6-1-11(17)16(4-6)10-3-9-8(2-7(10)13)14-5-15-9/h2-3,5-6H,1,4,13H2,(H,14,15). The van der Waals surface area contributed by atoms with E-state index in [4.69, 9.17) is 5.73 Å². The van der Waals surface area contributed by atoms with Gasteiger partial charge in [0.15, 0.2) is 0 Å². The molecule has 1 fully saturated rings. The predicted molar refractivity (Wildman–Crippen MR) is 71.3 cm³/mol. The molecule has 3 N–H and O–H groups in total. The Morgan fingerprint density at radius 1 is 1.45 bits per heavy atom. The molecule has 0 radical (unpaired) electrons. The number of rotatable bonds is 2. The zero-order chi connectivity index (χ0) is 14.5. The lowest BCUT2D eigenvalue weighted by atomic mass is 10.2. The molecular weight excluding hydrogens is 287 g/mol. The molecule has 2 heterocycles. The molecule has 0 aliphatic carbocycles. The minimum atomic E-state index is -4.75. The summed E-state index contributed by atoms with van der Waals surface area (Å²) < 4.78 is 34.8. The number of imidazole rings is 1. The van der Waals surface area contributed by atoms with E-state index in [1.807, 2.05) is 0 Å². The van der Waals surface area contributed by atoms with Crippen molar-refractivity contribution < 1.29 is 17.1 Å². The number of amides is 1. The third-order valence-corrected chi connectivity index (χ3v) is 4.46. The largest absolute Gasteiger partial charge is 0.397 e. The minimum Gasteiger partial charge on any atom is -0.397 e. The van der Waals surface area contributed by atoms with E-state index in [1.54, 1.807) is 12.1 Å². The Bertz CT molecular complexity index is 801. The molecule has 1 aromatic carbocycles. The number of H-pyrrole nitrogens is 1. The van der Waals surface area contributed by atoms with Crippen LogP contribution in [0.3, 0.4) is 0 Å². The highest BCUT2D eigenvalue weighted by molar-refractivity contribution is 7.87. The van der Waals surface area contributed by atoms with Gasteiger partial charge >= 0.3 is 10.2 Å². The van der Waals surface area contributed by atoms with Crippen LogP contribution in [0.2, 0.25) is 0 Å². The zero-order valence-electron chi connectivity index (χ0n) is 10.2. The van der Waals surface area contributed by atoms with Crippen LogP contribution in [0.1, 0.15) is 6.42 Å². The molecule has 0 spiro atoms. The SMILES string of the molecule is Nc1cc2[nH]cnc2cc1N1CC(S(=O)(=O)F)CC1=O. The van der Waals surface area contributed by atoms with Gasteiger partial charge in [-0.3, -0.25) is 4.79 Å². The van der Waals surface area contributed by atoms with Crippen molar-refractivity contribution in [1.82, 2.24) is 9.97 Å². The number of fused-ring (bicyclic) bond motifs is 1. The van der Waals surface area contributed by atoms with E-state index >= 15 is 0 Å². The molecule has 3 rings (SSSR count). The van der Waals surface area contributed by atoms with Gasteiger partial charge in [0, 0.05) is 13.0 Å². The summed E-state index contributed by atoms with van der Waals surface area (Å²) in [4.78, 5) is 20.0. The van der Waals surface area contributed by atoms with E-state index in [9.17, 15) is 17.1 Å². The van der Waals surface area contributed by atoms with Crippen molar-refractivity contribution in [2.75, 3.05) is 17.2 Å². The first-order chi connectivity index (χ1) is 9.36. The molecule has 9 heteroatoms. The van der Waals surface area contributed by atoms with Gasteiger partial charge in [-0.15, -0.1) is 3.89 Å². The number of aromatic amines is 1. The maximum atomic E-state index is 13.0. The van der Waals surface area contributed by atoms with Gasteiger partial charge in [-0.05, 0) is 12.1 Å². The topological polar surface area (TPSA) is 109 Å². The van der Waals surface area contributed by atoms with E-state index in [1.165, 1.54) is 11.2 Å². The Morgan fingerprint density at radius 2 is 2.20 bits per heavy atom. The van der Waals surface area contributed by atoms with Gasteiger partial charge in [0.2, 0.25) is 5.91 Å². The third kappa shape index (κ3) is 1.99. The lowest BCUT2D eigenvalue weighted by Crippen LogP contribution is -2.27. The molecule has 1 unspecified atom stereocenters. The highest BCUT2D eigenvalue weighted by Gasteiger charge is 2.39. The summed E-state index contributed by atoms with van der Waals surface area (Å²) >= 11 is 0. The number of carbonyl (C=O) groups excluding carboxylic acids is 1. The van der Waals surface area contributed by atoms with Crippen molar-refractivity contribution in [2.45, 2.75) is 11.7 Å². The van der Waals surface area contributed by atoms with Crippen LogP contribution < -0.4 is 10.6 Å². The van der Waals surface area contributed by atoms with E-state index in [0.717, 1.165) is 0 Å². The summed E-state index contributed by atoms with van der Waals surface area (Å²) in [7, 11) is -4.75. The molecule has 2 aromatic rings. The Morgan fingerprint density at radius 3 is 2.85 bits per heavy atom. The molecule has 7 nitrogen and oxygen atoms in total. The number of nitrogens with two attached hydrogens (primary N) is 1. The van der Waals surface area contributed by atoms with Crippen LogP contribution in [0.5, 0.6) is 0 Å². The fraction of sp³-hybridized carbons (Fsp3) is 0.273. The number of nitrogens with zero attached hydrogens (tertiary/aromatic N) is 2. The highest BCUT2D eigenvalue weighted by atomic mass is 32.3. The van der Waals surface area contributed by atoms with Crippen molar-refractivity contribution in [3.8, 4) is 0 Å². The first-order valence-electron chi connectivity index (χ1n) is 5.82. The quantitative estimate of drug-likeness (QED) is 0.621. The zero-order valence-corrected chi connectivity index (χ0v) is 11.0. The monoisotopic (exact) mass is 298 g/mol. The smallest absolute Gasteiger partial charge is 0.307 e. The van der Waals surface area contributed by atoms with E-state index in [2.05, 4.69) is 9.97 Å². The second-order valence-electron chi connectivity index (χ2n) is 4.64. The van der Waals surface area contributed by atoms with Crippen LogP contribution in [-0.4, -0.2) is 36.1 Å². The van der Waals surface area contributed by atoms with E-state index in [0.29, 0.717) is 22.4 Å². The van der Waals surface area contributed by atoms with Crippen molar-refractivity contribution in [3.63, 3.8) is 0 Å². The van der Waals surface area contributed by atoms with E-state index in [-0.39, 0.29) is 13.0 Å². The number of anilines is 2. The summed E-state index contributed by atoms with van der Waals surface area (Å²) in [6.07, 6.45) is 1.10. The summed E-state index contributed by atoms with van der Waals surface area (Å²) in [5, 5.41) is -1.34. The summed E-state index contributed by atoms with van der Waals surface area (Å²) in [6, 6.07) is 3.18. The van der Waals surface area contributed by atoms with Crippen LogP contribution >= 0.6 is 0 Å². The van der Waals surface area contributed by atoms with Crippen molar-refractivity contribution in [3.05, 3.63) is 18.5 Å². The molecular formula is C11H11FN4O3S. The first kappa shape index (κ1) is 12.9. The van der Waals surface area contributed by atoms with Crippen LogP contribution in [0.25, 0.3) is 11.0 Å². The second kappa shape index (κ2) is 4.17. The normalized spacial score (nSPS) is 19.9. The molecule has 0 bridgehead atoms. The van der Waals surface area contributed by atoms with Crippen molar-refractivity contribution in [1.29, 1.82) is 0 Å². The molecule has 1 atom stereocenters. The summed E-state index contributed by atoms with van der Waals surface area (Å²) in [5.74, 6) is -0.474. The Labute approximate surface area is 113 Å². The Hall–Kier alpha value is -2.16.